The van der Waals surface area contributed by atoms with E-state index in [4.69, 9.17) is 16.3 Å². The maximum atomic E-state index is 11.8. The molecular formula is C16H18N4O3S. The third-order valence-electron chi connectivity index (χ3n) is 4.17. The molecule has 7 N–H and O–H groups in total. The molecule has 1 fully saturated rings. The minimum Gasteiger partial charge on any atom is -0.384 e. The summed E-state index contributed by atoms with van der Waals surface area (Å²) < 4.78 is 23.5. The van der Waals surface area contributed by atoms with Crippen molar-refractivity contribution in [2.24, 2.45) is 10.9 Å². The Bertz CT molecular complexity index is 903. The Morgan fingerprint density at radius 2 is 1.79 bits per heavy atom. The molecule has 126 valence electrons. The van der Waals surface area contributed by atoms with E-state index < -0.39 is 15.6 Å². The lowest BCUT2D eigenvalue weighted by molar-refractivity contribution is -0.0146. The molecule has 0 unspecified atom stereocenters. The van der Waals surface area contributed by atoms with Crippen LogP contribution in [0.1, 0.15) is 11.1 Å². The molecule has 1 aliphatic heterocycles. The topological polar surface area (TPSA) is 142 Å². The van der Waals surface area contributed by atoms with Crippen molar-refractivity contribution in [2.45, 2.75) is 10.5 Å². The van der Waals surface area contributed by atoms with Crippen LogP contribution in [-0.2, 0) is 15.6 Å². The van der Waals surface area contributed by atoms with Gasteiger partial charge < -0.3 is 16.2 Å². The predicted molar refractivity (Wildman–Crippen MR) is 91.0 cm³/mol. The number of sulfonamides is 1. The van der Waals surface area contributed by atoms with Crippen molar-refractivity contribution in [1.82, 2.24) is 5.32 Å². The molecule has 3 rings (SSSR count). The summed E-state index contributed by atoms with van der Waals surface area (Å²) in [6.07, 6.45) is 0. The van der Waals surface area contributed by atoms with Crippen molar-refractivity contribution in [3.63, 3.8) is 0 Å². The molecule has 0 saturated carbocycles. The number of aliphatic hydroxyl groups is 1. The second kappa shape index (κ2) is 5.67. The van der Waals surface area contributed by atoms with Crippen LogP contribution in [0.5, 0.6) is 0 Å². The molecule has 24 heavy (non-hydrogen) atoms. The van der Waals surface area contributed by atoms with Crippen molar-refractivity contribution < 1.29 is 13.5 Å². The molecule has 0 spiro atoms. The van der Waals surface area contributed by atoms with E-state index in [0.29, 0.717) is 24.2 Å². The van der Waals surface area contributed by atoms with Gasteiger partial charge in [-0.1, -0.05) is 36.4 Å². The lowest BCUT2D eigenvalue weighted by Crippen LogP contribution is -2.56. The SMILES string of the molecule is N=C(N)c1c(-c2ccc(C3(O)CNC3)cc2)cccc1S(N)(=O)=O. The zero-order chi connectivity index (χ0) is 17.5. The number of benzene rings is 2. The van der Waals surface area contributed by atoms with Gasteiger partial charge in [-0.3, -0.25) is 5.41 Å². The molecule has 8 heteroatoms. The number of β-amino-alcohol motifs (C(OH)–C–C–N with tert-alkyl or cyclic N) is 1. The molecule has 2 aromatic carbocycles. The van der Waals surface area contributed by atoms with Gasteiger partial charge in [-0.15, -0.1) is 0 Å². The Kier molecular flexibility index (Phi) is 3.92. The second-order valence-corrected chi connectivity index (χ2v) is 7.38. The predicted octanol–water partition coefficient (Wildman–Crippen LogP) is 0.0759. The average Bonchev–Trinajstić information content (AvgIpc) is 2.51. The summed E-state index contributed by atoms with van der Waals surface area (Å²) >= 11 is 0. The zero-order valence-corrected chi connectivity index (χ0v) is 13.6. The van der Waals surface area contributed by atoms with Gasteiger partial charge in [0.25, 0.3) is 0 Å². The summed E-state index contributed by atoms with van der Waals surface area (Å²) in [6.45, 7) is 0.984. The number of nitrogens with one attached hydrogen (secondary N) is 2. The zero-order valence-electron chi connectivity index (χ0n) is 12.8. The number of nitrogen functional groups attached to an aromatic ring is 1. The van der Waals surface area contributed by atoms with Gasteiger partial charge in [0.2, 0.25) is 10.0 Å². The molecule has 0 radical (unpaired) electrons. The molecule has 0 aliphatic carbocycles. The van der Waals surface area contributed by atoms with Crippen LogP contribution >= 0.6 is 0 Å². The molecule has 0 aromatic heterocycles. The minimum atomic E-state index is -4.00. The fourth-order valence-electron chi connectivity index (χ4n) is 2.81. The number of amidine groups is 1. The van der Waals surface area contributed by atoms with Gasteiger partial charge in [-0.25, -0.2) is 13.6 Å². The Morgan fingerprint density at radius 3 is 2.25 bits per heavy atom. The van der Waals surface area contributed by atoms with Crippen LogP contribution in [0, 0.1) is 5.41 Å². The number of nitrogens with two attached hydrogens (primary N) is 2. The number of primary sulfonamides is 1. The average molecular weight is 346 g/mol. The maximum absolute atomic E-state index is 11.8. The second-order valence-electron chi connectivity index (χ2n) is 5.85. The van der Waals surface area contributed by atoms with Gasteiger partial charge in [0.1, 0.15) is 11.4 Å². The van der Waals surface area contributed by atoms with Gasteiger partial charge in [0.15, 0.2) is 0 Å². The summed E-state index contributed by atoms with van der Waals surface area (Å²) in [5.41, 5.74) is 6.76. The number of hydrogen-bond donors (Lipinski definition) is 5. The maximum Gasteiger partial charge on any atom is 0.238 e. The normalized spacial score (nSPS) is 16.4. The van der Waals surface area contributed by atoms with Crippen molar-refractivity contribution >= 4 is 15.9 Å². The van der Waals surface area contributed by atoms with Gasteiger partial charge in [-0.2, -0.15) is 0 Å². The van der Waals surface area contributed by atoms with E-state index in [1.807, 2.05) is 0 Å². The fraction of sp³-hybridized carbons (Fsp3) is 0.188. The molecule has 0 bridgehead atoms. The first-order valence-corrected chi connectivity index (χ1v) is 8.81. The van der Waals surface area contributed by atoms with E-state index in [-0.39, 0.29) is 16.3 Å². The molecule has 0 atom stereocenters. The molecule has 7 nitrogen and oxygen atoms in total. The van der Waals surface area contributed by atoms with Crippen LogP contribution in [0.4, 0.5) is 0 Å². The van der Waals surface area contributed by atoms with E-state index in [0.717, 1.165) is 5.56 Å². The van der Waals surface area contributed by atoms with Gasteiger partial charge >= 0.3 is 0 Å². The van der Waals surface area contributed by atoms with Crippen LogP contribution in [0.15, 0.2) is 47.4 Å². The quantitative estimate of drug-likeness (QED) is 0.393. The van der Waals surface area contributed by atoms with Crippen LogP contribution < -0.4 is 16.2 Å². The molecule has 0 amide bonds. The highest BCUT2D eigenvalue weighted by Crippen LogP contribution is 2.31. The fourth-order valence-corrected chi connectivity index (χ4v) is 3.59. The lowest BCUT2D eigenvalue weighted by Gasteiger charge is -2.38. The molecule has 1 aliphatic rings. The molecule has 2 aromatic rings. The molecular weight excluding hydrogens is 328 g/mol. The summed E-state index contributed by atoms with van der Waals surface area (Å²) in [4.78, 5) is -0.182. The lowest BCUT2D eigenvalue weighted by atomic mass is 9.87. The Hall–Kier alpha value is -2.26. The molecule has 1 heterocycles. The summed E-state index contributed by atoms with van der Waals surface area (Å²) in [7, 11) is -4.00. The van der Waals surface area contributed by atoms with Crippen molar-refractivity contribution in [2.75, 3.05) is 13.1 Å². The summed E-state index contributed by atoms with van der Waals surface area (Å²) in [5, 5.41) is 26.3. The van der Waals surface area contributed by atoms with E-state index in [9.17, 15) is 13.5 Å². The van der Waals surface area contributed by atoms with E-state index in [1.165, 1.54) is 6.07 Å². The highest BCUT2D eigenvalue weighted by Gasteiger charge is 2.35. The first-order valence-electron chi connectivity index (χ1n) is 7.27. The first-order chi connectivity index (χ1) is 11.2. The third kappa shape index (κ3) is 2.80. The summed E-state index contributed by atoms with van der Waals surface area (Å²) in [6, 6.07) is 11.7. The first kappa shape index (κ1) is 16.6. The standard InChI is InChI=1S/C16H18N4O3S/c17-15(18)14-12(2-1-3-13(14)24(19,22)23)10-4-6-11(7-5-10)16(21)8-20-9-16/h1-7,20-21H,8-9H2,(H3,17,18)(H2,19,22,23). The highest BCUT2D eigenvalue weighted by molar-refractivity contribution is 7.89. The van der Waals surface area contributed by atoms with Crippen molar-refractivity contribution in [1.29, 1.82) is 5.41 Å². The van der Waals surface area contributed by atoms with Gasteiger partial charge in [0, 0.05) is 18.7 Å². The Labute approximate surface area is 139 Å². The monoisotopic (exact) mass is 346 g/mol. The summed E-state index contributed by atoms with van der Waals surface area (Å²) in [5.74, 6) is -0.375. The van der Waals surface area contributed by atoms with Crippen LogP contribution in [0.25, 0.3) is 11.1 Å². The van der Waals surface area contributed by atoms with Crippen LogP contribution in [-0.4, -0.2) is 32.4 Å². The molecule has 1 saturated heterocycles. The third-order valence-corrected chi connectivity index (χ3v) is 5.12. The minimum absolute atomic E-state index is 0.0803. The number of rotatable bonds is 4. The number of hydrogen-bond acceptors (Lipinski definition) is 5. The van der Waals surface area contributed by atoms with Gasteiger partial charge in [-0.05, 0) is 22.8 Å². The van der Waals surface area contributed by atoms with Crippen molar-refractivity contribution in [3.8, 4) is 11.1 Å². The van der Waals surface area contributed by atoms with Crippen LogP contribution in [0.2, 0.25) is 0 Å². The van der Waals surface area contributed by atoms with E-state index in [2.05, 4.69) is 5.32 Å². The van der Waals surface area contributed by atoms with Crippen LogP contribution in [0.3, 0.4) is 0 Å². The van der Waals surface area contributed by atoms with Gasteiger partial charge in [0.05, 0.1) is 4.90 Å². The van der Waals surface area contributed by atoms with Crippen molar-refractivity contribution in [3.05, 3.63) is 53.6 Å². The Balaban J connectivity index is 2.11. The highest BCUT2D eigenvalue weighted by atomic mass is 32.2. The van der Waals surface area contributed by atoms with E-state index >= 15 is 0 Å². The smallest absolute Gasteiger partial charge is 0.238 e. The van der Waals surface area contributed by atoms with E-state index in [1.54, 1.807) is 36.4 Å². The largest absolute Gasteiger partial charge is 0.384 e. The Morgan fingerprint density at radius 1 is 1.17 bits per heavy atom.